The first-order valence-corrected chi connectivity index (χ1v) is 11.0. The van der Waals surface area contributed by atoms with Crippen LogP contribution in [0.3, 0.4) is 0 Å². The van der Waals surface area contributed by atoms with Crippen LogP contribution in [-0.4, -0.2) is 16.3 Å². The molecule has 0 bridgehead atoms. The molecule has 0 amide bonds. The van der Waals surface area contributed by atoms with Gasteiger partial charge in [0.15, 0.2) is 11.5 Å². The maximum absolute atomic E-state index is 5.67. The van der Waals surface area contributed by atoms with E-state index in [1.54, 1.807) is 0 Å². The molecule has 2 heterocycles. The first-order chi connectivity index (χ1) is 16.4. The van der Waals surface area contributed by atoms with Crippen molar-refractivity contribution in [2.45, 2.75) is 6.54 Å². The average Bonchev–Trinajstić information content (AvgIpc) is 3.50. The minimum atomic E-state index is 0.252. The van der Waals surface area contributed by atoms with Gasteiger partial charge in [-0.2, -0.15) is 0 Å². The van der Waals surface area contributed by atoms with E-state index in [2.05, 4.69) is 83.4 Å². The van der Waals surface area contributed by atoms with Crippen molar-refractivity contribution >= 4 is 0 Å². The van der Waals surface area contributed by atoms with Gasteiger partial charge in [0.2, 0.25) is 6.79 Å². The van der Waals surface area contributed by atoms with Crippen LogP contribution in [0, 0.1) is 0 Å². The predicted molar refractivity (Wildman–Crippen MR) is 130 cm³/mol. The van der Waals surface area contributed by atoms with Crippen LogP contribution >= 0.6 is 0 Å². The summed E-state index contributed by atoms with van der Waals surface area (Å²) in [6, 6.07) is 37.4. The Morgan fingerprint density at radius 2 is 1.27 bits per heavy atom. The highest BCUT2D eigenvalue weighted by Gasteiger charge is 2.23. The van der Waals surface area contributed by atoms with Crippen molar-refractivity contribution < 1.29 is 9.47 Å². The lowest BCUT2D eigenvalue weighted by atomic mass is 10.0. The van der Waals surface area contributed by atoms with Crippen LogP contribution in [0.1, 0.15) is 5.56 Å². The van der Waals surface area contributed by atoms with Gasteiger partial charge in [-0.05, 0) is 23.8 Å². The predicted octanol–water partition coefficient (Wildman–Crippen LogP) is 6.66. The van der Waals surface area contributed by atoms with E-state index in [1.807, 2.05) is 30.3 Å². The van der Waals surface area contributed by atoms with Crippen LogP contribution in [-0.2, 0) is 6.54 Å². The van der Waals surface area contributed by atoms with Gasteiger partial charge in [-0.25, -0.2) is 4.98 Å². The number of rotatable bonds is 5. The summed E-state index contributed by atoms with van der Waals surface area (Å²) >= 11 is 0. The summed E-state index contributed by atoms with van der Waals surface area (Å²) in [6.45, 7) is 0.955. The number of benzene rings is 4. The van der Waals surface area contributed by atoms with Gasteiger partial charge in [0.1, 0.15) is 5.82 Å². The summed E-state index contributed by atoms with van der Waals surface area (Å²) in [7, 11) is 0. The van der Waals surface area contributed by atoms with E-state index in [-0.39, 0.29) is 6.79 Å². The van der Waals surface area contributed by atoms with Gasteiger partial charge in [-0.3, -0.25) is 0 Å². The SMILES string of the molecule is c1ccc(Cn2c(-c3ccc4c(c3)OCO4)nc(-c3ccccc3)c2-c2ccccc2)cc1. The molecule has 5 aromatic rings. The zero-order chi connectivity index (χ0) is 22.0. The molecule has 4 nitrogen and oxygen atoms in total. The van der Waals surface area contributed by atoms with E-state index in [4.69, 9.17) is 14.5 Å². The van der Waals surface area contributed by atoms with E-state index in [9.17, 15) is 0 Å². The zero-order valence-electron chi connectivity index (χ0n) is 18.0. The maximum Gasteiger partial charge on any atom is 0.231 e. The molecule has 33 heavy (non-hydrogen) atoms. The summed E-state index contributed by atoms with van der Waals surface area (Å²) < 4.78 is 13.5. The molecule has 0 saturated carbocycles. The van der Waals surface area contributed by atoms with Crippen molar-refractivity contribution in [3.8, 4) is 45.4 Å². The molecule has 1 aliphatic heterocycles. The lowest BCUT2D eigenvalue weighted by Gasteiger charge is -2.14. The van der Waals surface area contributed by atoms with Crippen molar-refractivity contribution in [1.82, 2.24) is 9.55 Å². The Morgan fingerprint density at radius 1 is 0.636 bits per heavy atom. The fourth-order valence-corrected chi connectivity index (χ4v) is 4.31. The Hall–Kier alpha value is -4.31. The Balaban J connectivity index is 1.62. The molecule has 1 aromatic heterocycles. The van der Waals surface area contributed by atoms with Gasteiger partial charge < -0.3 is 14.0 Å². The number of fused-ring (bicyclic) bond motifs is 1. The molecule has 0 N–H and O–H groups in total. The monoisotopic (exact) mass is 430 g/mol. The summed E-state index contributed by atoms with van der Waals surface area (Å²) in [4.78, 5) is 5.22. The number of ether oxygens (including phenoxy) is 2. The third-order valence-electron chi connectivity index (χ3n) is 5.88. The summed E-state index contributed by atoms with van der Waals surface area (Å²) in [5.41, 5.74) is 6.49. The molecule has 160 valence electrons. The van der Waals surface area contributed by atoms with Gasteiger partial charge >= 0.3 is 0 Å². The Kier molecular flexibility index (Phi) is 4.89. The third-order valence-corrected chi connectivity index (χ3v) is 5.88. The number of nitrogens with zero attached hydrogens (tertiary/aromatic N) is 2. The molecule has 0 unspecified atom stereocenters. The van der Waals surface area contributed by atoms with E-state index < -0.39 is 0 Å². The van der Waals surface area contributed by atoms with Crippen LogP contribution < -0.4 is 9.47 Å². The van der Waals surface area contributed by atoms with E-state index in [0.717, 1.165) is 45.4 Å². The van der Waals surface area contributed by atoms with Gasteiger partial charge in [0.05, 0.1) is 11.4 Å². The fraction of sp³-hybridized carbons (Fsp3) is 0.0690. The van der Waals surface area contributed by atoms with Crippen LogP contribution in [0.5, 0.6) is 11.5 Å². The van der Waals surface area contributed by atoms with Gasteiger partial charge in [-0.1, -0.05) is 91.0 Å². The number of imidazole rings is 1. The Morgan fingerprint density at radius 3 is 2.00 bits per heavy atom. The second-order valence-electron chi connectivity index (χ2n) is 8.00. The van der Waals surface area contributed by atoms with E-state index in [0.29, 0.717) is 6.54 Å². The molecule has 0 radical (unpaired) electrons. The molecule has 4 heteroatoms. The first-order valence-electron chi connectivity index (χ1n) is 11.0. The van der Waals surface area contributed by atoms with Crippen LogP contribution in [0.25, 0.3) is 33.9 Å². The van der Waals surface area contributed by atoms with Crippen LogP contribution in [0.4, 0.5) is 0 Å². The molecule has 1 aliphatic rings. The van der Waals surface area contributed by atoms with Gasteiger partial charge in [-0.15, -0.1) is 0 Å². The summed E-state index contributed by atoms with van der Waals surface area (Å²) in [6.07, 6.45) is 0. The number of hydrogen-bond donors (Lipinski definition) is 0. The van der Waals surface area contributed by atoms with Crippen molar-refractivity contribution in [3.05, 3.63) is 115 Å². The summed E-state index contributed by atoms with van der Waals surface area (Å²) in [5, 5.41) is 0. The smallest absolute Gasteiger partial charge is 0.231 e. The quantitative estimate of drug-likeness (QED) is 0.313. The van der Waals surface area contributed by atoms with Crippen molar-refractivity contribution in [2.75, 3.05) is 6.79 Å². The molecule has 6 rings (SSSR count). The molecular weight excluding hydrogens is 408 g/mol. The Bertz CT molecular complexity index is 1390. The highest BCUT2D eigenvalue weighted by molar-refractivity contribution is 5.82. The number of aromatic nitrogens is 2. The lowest BCUT2D eigenvalue weighted by Crippen LogP contribution is -2.04. The standard InChI is InChI=1S/C29H22N2O2/c1-4-10-21(11-5-1)19-31-28(23-14-8-3-9-15-23)27(22-12-6-2-7-13-22)30-29(31)24-16-17-25-26(18-24)33-20-32-25/h1-18H,19-20H2. The highest BCUT2D eigenvalue weighted by Crippen LogP contribution is 2.40. The maximum atomic E-state index is 5.67. The fourth-order valence-electron chi connectivity index (χ4n) is 4.31. The van der Waals surface area contributed by atoms with Crippen molar-refractivity contribution in [3.63, 3.8) is 0 Å². The lowest BCUT2D eigenvalue weighted by molar-refractivity contribution is 0.174. The summed E-state index contributed by atoms with van der Waals surface area (Å²) in [5.74, 6) is 2.42. The van der Waals surface area contributed by atoms with E-state index in [1.165, 1.54) is 5.56 Å². The minimum absolute atomic E-state index is 0.252. The molecule has 0 spiro atoms. The van der Waals surface area contributed by atoms with Crippen molar-refractivity contribution in [2.24, 2.45) is 0 Å². The molecule has 0 saturated heterocycles. The minimum Gasteiger partial charge on any atom is -0.454 e. The average molecular weight is 431 g/mol. The van der Waals surface area contributed by atoms with Gasteiger partial charge in [0, 0.05) is 23.2 Å². The second kappa shape index (κ2) is 8.32. The van der Waals surface area contributed by atoms with Crippen molar-refractivity contribution in [1.29, 1.82) is 0 Å². The normalized spacial score (nSPS) is 12.1. The van der Waals surface area contributed by atoms with Gasteiger partial charge in [0.25, 0.3) is 0 Å². The topological polar surface area (TPSA) is 36.3 Å². The van der Waals surface area contributed by atoms with E-state index >= 15 is 0 Å². The van der Waals surface area contributed by atoms with Crippen LogP contribution in [0.15, 0.2) is 109 Å². The van der Waals surface area contributed by atoms with Crippen LogP contribution in [0.2, 0.25) is 0 Å². The number of hydrogen-bond acceptors (Lipinski definition) is 3. The molecule has 0 aliphatic carbocycles. The largest absolute Gasteiger partial charge is 0.454 e. The first kappa shape index (κ1) is 19.4. The Labute approximate surface area is 192 Å². The molecule has 4 aromatic carbocycles. The molecule has 0 atom stereocenters. The zero-order valence-corrected chi connectivity index (χ0v) is 18.0. The highest BCUT2D eigenvalue weighted by atomic mass is 16.7. The second-order valence-corrected chi connectivity index (χ2v) is 8.00. The molecule has 0 fully saturated rings. The third kappa shape index (κ3) is 3.66. The molecular formula is C29H22N2O2.